The van der Waals surface area contributed by atoms with Crippen molar-refractivity contribution in [3.8, 4) is 0 Å². The first-order valence-electron chi connectivity index (χ1n) is 9.87. The highest BCUT2D eigenvalue weighted by atomic mass is 16.2. The van der Waals surface area contributed by atoms with Gasteiger partial charge in [-0.1, -0.05) is 67.8 Å². The Bertz CT molecular complexity index is 923. The number of hydrogen-bond donors (Lipinski definition) is 0. The average Bonchev–Trinajstić information content (AvgIpc) is 3.04. The first-order chi connectivity index (χ1) is 14.1. The Morgan fingerprint density at radius 1 is 0.655 bits per heavy atom. The molecule has 0 bridgehead atoms. The molecule has 29 heavy (non-hydrogen) atoms. The minimum Gasteiger partial charge on any atom is -0.298 e. The molecule has 1 aliphatic heterocycles. The molecule has 5 nitrogen and oxygen atoms in total. The maximum Gasteiger partial charge on any atom is 0.262 e. The fraction of sp³-hybridized carbons (Fsp3) is 0.250. The van der Waals surface area contributed by atoms with Crippen LogP contribution in [-0.2, 0) is 9.59 Å². The molecule has 1 fully saturated rings. The van der Waals surface area contributed by atoms with Gasteiger partial charge in [0.15, 0.2) is 0 Å². The van der Waals surface area contributed by atoms with Gasteiger partial charge in [-0.25, -0.2) is 0 Å². The molecule has 1 aliphatic carbocycles. The molecule has 0 spiro atoms. The van der Waals surface area contributed by atoms with Crippen molar-refractivity contribution in [1.82, 2.24) is 4.90 Å². The molecular formula is C24H21NO4. The zero-order valence-corrected chi connectivity index (χ0v) is 16.0. The maximum absolute atomic E-state index is 13.4. The lowest BCUT2D eigenvalue weighted by atomic mass is 9.94. The summed E-state index contributed by atoms with van der Waals surface area (Å²) in [5.74, 6) is -0.564. The van der Waals surface area contributed by atoms with E-state index in [1.165, 1.54) is 4.90 Å². The van der Waals surface area contributed by atoms with E-state index in [1.807, 2.05) is 0 Å². The van der Waals surface area contributed by atoms with Crippen molar-refractivity contribution in [2.24, 2.45) is 0 Å². The number of aldehydes is 2. The molecule has 0 saturated heterocycles. The summed E-state index contributed by atoms with van der Waals surface area (Å²) in [4.78, 5) is 50.2. The van der Waals surface area contributed by atoms with E-state index >= 15 is 0 Å². The zero-order chi connectivity index (χ0) is 20.4. The number of rotatable bonds is 5. The monoisotopic (exact) mass is 387 g/mol. The van der Waals surface area contributed by atoms with E-state index in [0.29, 0.717) is 33.4 Å². The molecule has 4 rings (SSSR count). The van der Waals surface area contributed by atoms with E-state index in [0.717, 1.165) is 44.7 Å². The van der Waals surface area contributed by atoms with E-state index in [9.17, 15) is 19.2 Å². The molecule has 0 N–H and O–H groups in total. The number of amides is 2. The molecule has 5 heteroatoms. The van der Waals surface area contributed by atoms with E-state index in [1.54, 1.807) is 48.5 Å². The van der Waals surface area contributed by atoms with Crippen LogP contribution in [0.3, 0.4) is 0 Å². The SMILES string of the molecule is O=Cc1ccc(C2=C(c3ccc(C=O)cc3)C(=O)N(C3CCCCC3)C2=O)cc1. The lowest BCUT2D eigenvalue weighted by Crippen LogP contribution is -2.42. The van der Waals surface area contributed by atoms with Crippen LogP contribution in [0.25, 0.3) is 11.1 Å². The third-order valence-electron chi connectivity index (χ3n) is 5.73. The highest BCUT2D eigenvalue weighted by molar-refractivity contribution is 6.49. The summed E-state index contributed by atoms with van der Waals surface area (Å²) in [6.45, 7) is 0. The topological polar surface area (TPSA) is 71.5 Å². The van der Waals surface area contributed by atoms with Crippen LogP contribution in [0.5, 0.6) is 0 Å². The van der Waals surface area contributed by atoms with Crippen molar-refractivity contribution in [3.63, 3.8) is 0 Å². The average molecular weight is 387 g/mol. The standard InChI is InChI=1S/C24H21NO4/c26-14-16-6-10-18(11-7-16)21-22(19-12-8-17(15-27)9-13-19)24(29)25(23(21)28)20-4-2-1-3-5-20/h6-15,20H,1-5H2. The fourth-order valence-electron chi connectivity index (χ4n) is 4.21. The number of carbonyl (C=O) groups is 4. The van der Waals surface area contributed by atoms with Crippen LogP contribution in [-0.4, -0.2) is 35.3 Å². The summed E-state index contributed by atoms with van der Waals surface area (Å²) >= 11 is 0. The number of hydrogen-bond acceptors (Lipinski definition) is 4. The van der Waals surface area contributed by atoms with Gasteiger partial charge in [-0.3, -0.25) is 24.1 Å². The predicted molar refractivity (Wildman–Crippen MR) is 109 cm³/mol. The van der Waals surface area contributed by atoms with Gasteiger partial charge in [-0.05, 0) is 24.0 Å². The quantitative estimate of drug-likeness (QED) is 0.576. The van der Waals surface area contributed by atoms with E-state index < -0.39 is 0 Å². The molecule has 1 saturated carbocycles. The largest absolute Gasteiger partial charge is 0.298 e. The normalized spacial score (nSPS) is 17.7. The van der Waals surface area contributed by atoms with Crippen molar-refractivity contribution < 1.29 is 19.2 Å². The van der Waals surface area contributed by atoms with Gasteiger partial charge in [0.1, 0.15) is 12.6 Å². The minimum atomic E-state index is -0.282. The van der Waals surface area contributed by atoms with Gasteiger partial charge in [-0.2, -0.15) is 0 Å². The first-order valence-corrected chi connectivity index (χ1v) is 9.87. The van der Waals surface area contributed by atoms with Gasteiger partial charge in [0.2, 0.25) is 0 Å². The summed E-state index contributed by atoms with van der Waals surface area (Å²) in [5.41, 5.74) is 2.96. The summed E-state index contributed by atoms with van der Waals surface area (Å²) in [6.07, 6.45) is 6.28. The van der Waals surface area contributed by atoms with Gasteiger partial charge < -0.3 is 0 Å². The molecule has 2 amide bonds. The van der Waals surface area contributed by atoms with Crippen molar-refractivity contribution >= 4 is 35.5 Å². The molecule has 0 atom stereocenters. The molecular weight excluding hydrogens is 366 g/mol. The first kappa shape index (κ1) is 19.0. The van der Waals surface area contributed by atoms with Crippen molar-refractivity contribution in [1.29, 1.82) is 0 Å². The second-order valence-corrected chi connectivity index (χ2v) is 7.50. The molecule has 0 aromatic heterocycles. The second-order valence-electron chi connectivity index (χ2n) is 7.50. The van der Waals surface area contributed by atoms with E-state index in [4.69, 9.17) is 0 Å². The van der Waals surface area contributed by atoms with Crippen LogP contribution in [0.2, 0.25) is 0 Å². The Labute approximate surface area is 169 Å². The lowest BCUT2D eigenvalue weighted by molar-refractivity contribution is -0.139. The highest BCUT2D eigenvalue weighted by Crippen LogP contribution is 2.39. The van der Waals surface area contributed by atoms with Crippen LogP contribution in [0.4, 0.5) is 0 Å². The zero-order valence-electron chi connectivity index (χ0n) is 16.0. The van der Waals surface area contributed by atoms with Crippen molar-refractivity contribution in [2.75, 3.05) is 0 Å². The Hall–Kier alpha value is -3.34. The molecule has 0 radical (unpaired) electrons. The number of imide groups is 1. The van der Waals surface area contributed by atoms with Gasteiger partial charge in [0.25, 0.3) is 11.8 Å². The summed E-state index contributed by atoms with van der Waals surface area (Å²) in [7, 11) is 0. The van der Waals surface area contributed by atoms with E-state index in [2.05, 4.69) is 0 Å². The summed E-state index contributed by atoms with van der Waals surface area (Å²) in [5, 5.41) is 0. The predicted octanol–water partition coefficient (Wildman–Crippen LogP) is 3.92. The summed E-state index contributed by atoms with van der Waals surface area (Å²) < 4.78 is 0. The molecule has 146 valence electrons. The van der Waals surface area contributed by atoms with Gasteiger partial charge in [0.05, 0.1) is 11.1 Å². The summed E-state index contributed by atoms with van der Waals surface area (Å²) in [6, 6.07) is 13.3. The molecule has 1 heterocycles. The number of carbonyl (C=O) groups excluding carboxylic acids is 4. The third kappa shape index (κ3) is 3.44. The Kier molecular flexibility index (Phi) is 5.21. The lowest BCUT2D eigenvalue weighted by Gasteiger charge is -2.30. The number of benzene rings is 2. The Morgan fingerprint density at radius 3 is 1.45 bits per heavy atom. The van der Waals surface area contributed by atoms with Gasteiger partial charge in [0, 0.05) is 17.2 Å². The van der Waals surface area contributed by atoms with Crippen LogP contribution < -0.4 is 0 Å². The van der Waals surface area contributed by atoms with E-state index in [-0.39, 0.29) is 17.9 Å². The molecule has 2 aromatic carbocycles. The van der Waals surface area contributed by atoms with Gasteiger partial charge in [-0.15, -0.1) is 0 Å². The van der Waals surface area contributed by atoms with Crippen LogP contribution >= 0.6 is 0 Å². The third-order valence-corrected chi connectivity index (χ3v) is 5.73. The molecule has 0 unspecified atom stereocenters. The van der Waals surface area contributed by atoms with Crippen molar-refractivity contribution in [2.45, 2.75) is 38.1 Å². The minimum absolute atomic E-state index is 0.0836. The van der Waals surface area contributed by atoms with Crippen LogP contribution in [0.15, 0.2) is 48.5 Å². The van der Waals surface area contributed by atoms with Crippen molar-refractivity contribution in [3.05, 3.63) is 70.8 Å². The molecule has 2 aliphatic rings. The highest BCUT2D eigenvalue weighted by Gasteiger charge is 2.43. The van der Waals surface area contributed by atoms with Crippen LogP contribution in [0, 0.1) is 0 Å². The Balaban J connectivity index is 1.83. The Morgan fingerprint density at radius 2 is 1.07 bits per heavy atom. The smallest absolute Gasteiger partial charge is 0.262 e. The van der Waals surface area contributed by atoms with Gasteiger partial charge >= 0.3 is 0 Å². The molecule has 2 aromatic rings. The van der Waals surface area contributed by atoms with Crippen LogP contribution in [0.1, 0.15) is 63.9 Å². The fourth-order valence-corrected chi connectivity index (χ4v) is 4.21. The maximum atomic E-state index is 13.4. The number of nitrogens with zero attached hydrogens (tertiary/aromatic N) is 1. The second kappa shape index (κ2) is 7.95.